The fraction of sp³-hybridized carbons (Fsp3) is 0.273. The predicted molar refractivity (Wildman–Crippen MR) is 123 cm³/mol. The number of thiazole rings is 1. The van der Waals surface area contributed by atoms with Crippen LogP contribution in [0.5, 0.6) is 5.75 Å². The zero-order chi connectivity index (χ0) is 21.5. The summed E-state index contributed by atoms with van der Waals surface area (Å²) in [4.78, 5) is 8.88. The van der Waals surface area contributed by atoms with Crippen molar-refractivity contribution in [3.05, 3.63) is 59.9 Å². The van der Waals surface area contributed by atoms with Crippen LogP contribution in [-0.4, -0.2) is 45.1 Å². The van der Waals surface area contributed by atoms with Gasteiger partial charge in [0.1, 0.15) is 10.8 Å². The van der Waals surface area contributed by atoms with E-state index in [0.717, 1.165) is 44.3 Å². The van der Waals surface area contributed by atoms with E-state index >= 15 is 0 Å². The molecule has 0 atom stereocenters. The Labute approximate surface area is 189 Å². The lowest BCUT2D eigenvalue weighted by Crippen LogP contribution is -2.07. The van der Waals surface area contributed by atoms with E-state index in [1.807, 2.05) is 43.3 Å². The maximum absolute atomic E-state index is 5.51. The third-order valence-electron chi connectivity index (χ3n) is 4.49. The molecule has 0 saturated carbocycles. The number of aromatic nitrogens is 5. The molecule has 0 bridgehead atoms. The highest BCUT2D eigenvalue weighted by molar-refractivity contribution is 7.98. The minimum Gasteiger partial charge on any atom is -0.494 e. The average Bonchev–Trinajstić information content (AvgIpc) is 3.44. The van der Waals surface area contributed by atoms with E-state index in [0.29, 0.717) is 19.8 Å². The third-order valence-corrected chi connectivity index (χ3v) is 6.43. The molecule has 3 aromatic heterocycles. The molecule has 0 saturated heterocycles. The normalized spacial score (nSPS) is 11.0. The number of methoxy groups -OCH3 is 1. The Morgan fingerprint density at radius 3 is 2.58 bits per heavy atom. The quantitative estimate of drug-likeness (QED) is 0.319. The molecule has 0 radical (unpaired) electrons. The molecule has 0 fully saturated rings. The minimum absolute atomic E-state index is 0.586. The molecule has 0 unspecified atom stereocenters. The third kappa shape index (κ3) is 5.30. The van der Waals surface area contributed by atoms with Gasteiger partial charge in [0, 0.05) is 41.8 Å². The molecule has 1 aromatic carbocycles. The fourth-order valence-electron chi connectivity index (χ4n) is 3.00. The van der Waals surface area contributed by atoms with Crippen molar-refractivity contribution in [1.29, 1.82) is 0 Å². The van der Waals surface area contributed by atoms with Gasteiger partial charge in [-0.25, -0.2) is 4.98 Å². The number of hydrogen-bond donors (Lipinski definition) is 0. The second-order valence-corrected chi connectivity index (χ2v) is 8.38. The van der Waals surface area contributed by atoms with Gasteiger partial charge < -0.3 is 9.47 Å². The van der Waals surface area contributed by atoms with Crippen LogP contribution in [0.4, 0.5) is 0 Å². The summed E-state index contributed by atoms with van der Waals surface area (Å²) in [5.74, 6) is 2.41. The monoisotopic (exact) mass is 453 g/mol. The van der Waals surface area contributed by atoms with Gasteiger partial charge in [-0.15, -0.1) is 21.5 Å². The highest BCUT2D eigenvalue weighted by atomic mass is 32.2. The number of hydrogen-bond acceptors (Lipinski definition) is 8. The molecule has 9 heteroatoms. The van der Waals surface area contributed by atoms with E-state index in [4.69, 9.17) is 14.5 Å². The summed E-state index contributed by atoms with van der Waals surface area (Å²) in [6.07, 6.45) is 3.52. The van der Waals surface area contributed by atoms with Gasteiger partial charge in [-0.1, -0.05) is 11.8 Å². The van der Waals surface area contributed by atoms with Gasteiger partial charge in [-0.3, -0.25) is 9.55 Å². The van der Waals surface area contributed by atoms with Crippen LogP contribution < -0.4 is 4.74 Å². The van der Waals surface area contributed by atoms with Crippen LogP contribution in [-0.2, 0) is 17.0 Å². The maximum Gasteiger partial charge on any atom is 0.191 e. The van der Waals surface area contributed by atoms with Crippen LogP contribution in [0.15, 0.2) is 59.3 Å². The first-order chi connectivity index (χ1) is 15.3. The second kappa shape index (κ2) is 10.5. The summed E-state index contributed by atoms with van der Waals surface area (Å²) in [6.45, 7) is 3.91. The van der Waals surface area contributed by atoms with Crippen LogP contribution in [0, 0.1) is 0 Å². The Bertz CT molecular complexity index is 1100. The lowest BCUT2D eigenvalue weighted by Gasteiger charge is -2.09. The molecule has 0 aliphatic rings. The first kappa shape index (κ1) is 21.5. The summed E-state index contributed by atoms with van der Waals surface area (Å²) < 4.78 is 12.9. The van der Waals surface area contributed by atoms with Crippen LogP contribution in [0.25, 0.3) is 22.0 Å². The highest BCUT2D eigenvalue weighted by Crippen LogP contribution is 2.30. The Kier molecular flexibility index (Phi) is 7.29. The van der Waals surface area contributed by atoms with Crippen molar-refractivity contribution >= 4 is 23.1 Å². The summed E-state index contributed by atoms with van der Waals surface area (Å²) in [6, 6.07) is 11.9. The molecule has 0 aliphatic carbocycles. The number of thioether (sulfide) groups is 1. The van der Waals surface area contributed by atoms with Gasteiger partial charge in [0.25, 0.3) is 0 Å². The molecule has 0 N–H and O–H groups in total. The molecule has 3 heterocycles. The van der Waals surface area contributed by atoms with Crippen molar-refractivity contribution in [3.63, 3.8) is 0 Å². The Hall–Kier alpha value is -2.75. The van der Waals surface area contributed by atoms with Gasteiger partial charge in [0.15, 0.2) is 11.0 Å². The first-order valence-corrected chi connectivity index (χ1v) is 11.8. The summed E-state index contributed by atoms with van der Waals surface area (Å²) in [7, 11) is 1.70. The fourth-order valence-corrected chi connectivity index (χ4v) is 4.79. The largest absolute Gasteiger partial charge is 0.494 e. The van der Waals surface area contributed by atoms with Crippen molar-refractivity contribution in [2.75, 3.05) is 20.3 Å². The SMILES string of the molecule is CCOc1ccc(-c2nc(CSc3nnc(-c4ccncc4)n3CCOC)cs2)cc1. The summed E-state index contributed by atoms with van der Waals surface area (Å²) >= 11 is 3.27. The minimum atomic E-state index is 0.586. The van der Waals surface area contributed by atoms with Gasteiger partial charge in [-0.2, -0.15) is 0 Å². The molecular weight excluding hydrogens is 430 g/mol. The standard InChI is InChI=1S/C22H23N5O2S2/c1-3-29-19-6-4-17(5-7-19)21-24-18(14-30-21)15-31-22-26-25-20(27(22)12-13-28-2)16-8-10-23-11-9-16/h4-11,14H,3,12-13,15H2,1-2H3. The predicted octanol–water partition coefficient (Wildman–Crippen LogP) is 4.80. The summed E-state index contributed by atoms with van der Waals surface area (Å²) in [5.41, 5.74) is 3.09. The Balaban J connectivity index is 1.47. The van der Waals surface area contributed by atoms with Crippen LogP contribution >= 0.6 is 23.1 Å². The van der Waals surface area contributed by atoms with Crippen LogP contribution in [0.1, 0.15) is 12.6 Å². The van der Waals surface area contributed by atoms with E-state index in [1.165, 1.54) is 0 Å². The Morgan fingerprint density at radius 2 is 1.84 bits per heavy atom. The van der Waals surface area contributed by atoms with E-state index < -0.39 is 0 Å². The van der Waals surface area contributed by atoms with Crippen molar-refractivity contribution in [3.8, 4) is 27.7 Å². The molecule has 4 aromatic rings. The van der Waals surface area contributed by atoms with Crippen molar-refractivity contribution in [2.24, 2.45) is 0 Å². The number of benzene rings is 1. The second-order valence-electron chi connectivity index (χ2n) is 6.58. The van der Waals surface area contributed by atoms with Crippen molar-refractivity contribution < 1.29 is 9.47 Å². The highest BCUT2D eigenvalue weighted by Gasteiger charge is 2.15. The van der Waals surface area contributed by atoms with Crippen molar-refractivity contribution in [2.45, 2.75) is 24.4 Å². The van der Waals surface area contributed by atoms with Gasteiger partial charge in [0.05, 0.1) is 25.5 Å². The van der Waals surface area contributed by atoms with Gasteiger partial charge in [0.2, 0.25) is 0 Å². The number of rotatable bonds is 10. The van der Waals surface area contributed by atoms with Gasteiger partial charge >= 0.3 is 0 Å². The van der Waals surface area contributed by atoms with Gasteiger partial charge in [-0.05, 0) is 43.3 Å². The molecule has 31 heavy (non-hydrogen) atoms. The molecule has 0 amide bonds. The molecule has 7 nitrogen and oxygen atoms in total. The zero-order valence-electron chi connectivity index (χ0n) is 17.4. The molecule has 160 valence electrons. The maximum atomic E-state index is 5.51. The van der Waals surface area contributed by atoms with E-state index in [-0.39, 0.29) is 0 Å². The van der Waals surface area contributed by atoms with E-state index in [2.05, 4.69) is 25.1 Å². The van der Waals surface area contributed by atoms with E-state index in [9.17, 15) is 0 Å². The van der Waals surface area contributed by atoms with E-state index in [1.54, 1.807) is 42.6 Å². The average molecular weight is 454 g/mol. The van der Waals surface area contributed by atoms with Crippen LogP contribution in [0.3, 0.4) is 0 Å². The van der Waals surface area contributed by atoms with Crippen LogP contribution in [0.2, 0.25) is 0 Å². The number of ether oxygens (including phenoxy) is 2. The molecular formula is C22H23N5O2S2. The molecule has 0 aliphatic heterocycles. The zero-order valence-corrected chi connectivity index (χ0v) is 19.0. The topological polar surface area (TPSA) is 75.0 Å². The summed E-state index contributed by atoms with van der Waals surface area (Å²) in [5, 5.41) is 12.8. The molecule has 0 spiro atoms. The first-order valence-electron chi connectivity index (χ1n) is 9.91. The van der Waals surface area contributed by atoms with Crippen molar-refractivity contribution in [1.82, 2.24) is 24.7 Å². The number of pyridine rings is 1. The lowest BCUT2D eigenvalue weighted by molar-refractivity contribution is 0.185. The lowest BCUT2D eigenvalue weighted by atomic mass is 10.2. The molecule has 4 rings (SSSR count). The smallest absolute Gasteiger partial charge is 0.191 e. The Morgan fingerprint density at radius 1 is 1.03 bits per heavy atom. The number of nitrogens with zero attached hydrogens (tertiary/aromatic N) is 5.